The molecular formula is C13H16N2O6. The van der Waals surface area contributed by atoms with Gasteiger partial charge in [0.25, 0.3) is 0 Å². The largest absolute Gasteiger partial charge is 0.506 e. The van der Waals surface area contributed by atoms with Crippen molar-refractivity contribution in [1.82, 2.24) is 0 Å². The van der Waals surface area contributed by atoms with E-state index in [1.54, 1.807) is 0 Å². The highest BCUT2D eigenvalue weighted by Gasteiger charge is 2.18. The zero-order chi connectivity index (χ0) is 16.0. The summed E-state index contributed by atoms with van der Waals surface area (Å²) < 4.78 is 4.49. The second-order valence-corrected chi connectivity index (χ2v) is 4.21. The summed E-state index contributed by atoms with van der Waals surface area (Å²) in [7, 11) is 1.18. The van der Waals surface area contributed by atoms with Gasteiger partial charge in [-0.2, -0.15) is 0 Å². The predicted molar refractivity (Wildman–Crippen MR) is 74.3 cm³/mol. The standard InChI is InChI=1S/C13H16N2O6/c1-8(16)14-9-3-4-11(17)10(5-9)15(6-12(18)19)7-13(20)21-2/h3-5,17H,6-7H2,1-2H3,(H,14,16)(H,18,19). The summed E-state index contributed by atoms with van der Waals surface area (Å²) in [6.45, 7) is 0.460. The normalized spacial score (nSPS) is 9.81. The number of nitrogens with one attached hydrogen (secondary N) is 1. The fourth-order valence-corrected chi connectivity index (χ4v) is 1.67. The first-order valence-electron chi connectivity index (χ1n) is 5.97. The first-order chi connectivity index (χ1) is 9.83. The Labute approximate surface area is 120 Å². The molecule has 8 heteroatoms. The molecule has 3 N–H and O–H groups in total. The van der Waals surface area contributed by atoms with Crippen molar-refractivity contribution in [2.24, 2.45) is 0 Å². The molecule has 0 radical (unpaired) electrons. The lowest BCUT2D eigenvalue weighted by molar-refractivity contribution is -0.139. The van der Waals surface area contributed by atoms with Gasteiger partial charge in [-0.05, 0) is 18.2 Å². The third-order valence-corrected chi connectivity index (χ3v) is 2.51. The number of esters is 1. The van der Waals surface area contributed by atoms with E-state index in [4.69, 9.17) is 5.11 Å². The molecule has 0 fully saturated rings. The fraction of sp³-hybridized carbons (Fsp3) is 0.308. The van der Waals surface area contributed by atoms with Crippen LogP contribution in [0.15, 0.2) is 18.2 Å². The number of methoxy groups -OCH3 is 1. The van der Waals surface area contributed by atoms with E-state index in [9.17, 15) is 19.5 Å². The molecule has 0 aliphatic heterocycles. The monoisotopic (exact) mass is 296 g/mol. The molecule has 1 amide bonds. The van der Waals surface area contributed by atoms with Gasteiger partial charge in [0.05, 0.1) is 12.8 Å². The molecule has 0 heterocycles. The van der Waals surface area contributed by atoms with Gasteiger partial charge >= 0.3 is 11.9 Å². The molecule has 1 aromatic carbocycles. The maximum Gasteiger partial charge on any atom is 0.325 e. The highest BCUT2D eigenvalue weighted by molar-refractivity contribution is 5.90. The summed E-state index contributed by atoms with van der Waals surface area (Å²) in [5.41, 5.74) is 0.476. The second-order valence-electron chi connectivity index (χ2n) is 4.21. The molecule has 0 aliphatic rings. The minimum absolute atomic E-state index is 0.106. The summed E-state index contributed by atoms with van der Waals surface area (Å²) in [5.74, 6) is -2.36. The van der Waals surface area contributed by atoms with Crippen LogP contribution in [0.3, 0.4) is 0 Å². The van der Waals surface area contributed by atoms with Crippen LogP contribution in [0.25, 0.3) is 0 Å². The zero-order valence-electron chi connectivity index (χ0n) is 11.6. The summed E-state index contributed by atoms with van der Waals surface area (Å²) in [5, 5.41) is 21.2. The Morgan fingerprint density at radius 1 is 1.29 bits per heavy atom. The van der Waals surface area contributed by atoms with Gasteiger partial charge in [0, 0.05) is 12.6 Å². The minimum atomic E-state index is -1.18. The van der Waals surface area contributed by atoms with Crippen molar-refractivity contribution < 1.29 is 29.3 Å². The summed E-state index contributed by atoms with van der Waals surface area (Å²) in [6.07, 6.45) is 0. The van der Waals surface area contributed by atoms with Gasteiger partial charge in [-0.25, -0.2) is 0 Å². The Morgan fingerprint density at radius 2 is 1.95 bits per heavy atom. The lowest BCUT2D eigenvalue weighted by atomic mass is 10.2. The Morgan fingerprint density at radius 3 is 2.48 bits per heavy atom. The third-order valence-electron chi connectivity index (χ3n) is 2.51. The second kappa shape index (κ2) is 7.13. The number of benzene rings is 1. The molecule has 0 saturated heterocycles. The van der Waals surface area contributed by atoms with Crippen molar-refractivity contribution in [3.63, 3.8) is 0 Å². The molecule has 0 spiro atoms. The molecule has 114 valence electrons. The van der Waals surface area contributed by atoms with Crippen LogP contribution >= 0.6 is 0 Å². The van der Waals surface area contributed by atoms with E-state index in [1.807, 2.05) is 0 Å². The average molecular weight is 296 g/mol. The van der Waals surface area contributed by atoms with E-state index in [0.29, 0.717) is 5.69 Å². The Hall–Kier alpha value is -2.77. The lowest BCUT2D eigenvalue weighted by Gasteiger charge is -2.23. The zero-order valence-corrected chi connectivity index (χ0v) is 11.6. The van der Waals surface area contributed by atoms with Crippen molar-refractivity contribution in [2.75, 3.05) is 30.4 Å². The van der Waals surface area contributed by atoms with Crippen LogP contribution in [0.2, 0.25) is 0 Å². The van der Waals surface area contributed by atoms with Crippen LogP contribution in [0.1, 0.15) is 6.92 Å². The van der Waals surface area contributed by atoms with E-state index in [1.165, 1.54) is 32.2 Å². The SMILES string of the molecule is COC(=O)CN(CC(=O)O)c1cc(NC(C)=O)ccc1O. The number of phenols is 1. The maximum atomic E-state index is 11.3. The van der Waals surface area contributed by atoms with Crippen LogP contribution < -0.4 is 10.2 Å². The van der Waals surface area contributed by atoms with Crippen LogP contribution in [-0.4, -0.2) is 48.3 Å². The van der Waals surface area contributed by atoms with Crippen molar-refractivity contribution in [3.8, 4) is 5.75 Å². The number of rotatable bonds is 6. The van der Waals surface area contributed by atoms with Gasteiger partial charge in [0.1, 0.15) is 18.8 Å². The van der Waals surface area contributed by atoms with Gasteiger partial charge in [-0.1, -0.05) is 0 Å². The van der Waals surface area contributed by atoms with Crippen molar-refractivity contribution in [3.05, 3.63) is 18.2 Å². The molecule has 0 atom stereocenters. The topological polar surface area (TPSA) is 116 Å². The van der Waals surface area contributed by atoms with Gasteiger partial charge in [-0.3, -0.25) is 14.4 Å². The van der Waals surface area contributed by atoms with Crippen LogP contribution in [0.5, 0.6) is 5.75 Å². The number of aliphatic carboxylic acids is 1. The lowest BCUT2D eigenvalue weighted by Crippen LogP contribution is -2.35. The Balaban J connectivity index is 3.12. The first kappa shape index (κ1) is 16.3. The highest BCUT2D eigenvalue weighted by Crippen LogP contribution is 2.30. The van der Waals surface area contributed by atoms with Crippen LogP contribution in [-0.2, 0) is 19.1 Å². The molecular weight excluding hydrogens is 280 g/mol. The van der Waals surface area contributed by atoms with Gasteiger partial charge in [0.15, 0.2) is 0 Å². The van der Waals surface area contributed by atoms with E-state index >= 15 is 0 Å². The number of carboxylic acids is 1. The summed E-state index contributed by atoms with van der Waals surface area (Å²) >= 11 is 0. The van der Waals surface area contributed by atoms with E-state index in [-0.39, 0.29) is 23.9 Å². The predicted octanol–water partition coefficient (Wildman–Crippen LogP) is 0.415. The molecule has 0 aromatic heterocycles. The molecule has 0 unspecified atom stereocenters. The van der Waals surface area contributed by atoms with Crippen molar-refractivity contribution in [1.29, 1.82) is 0 Å². The quantitative estimate of drug-likeness (QED) is 0.514. The number of ether oxygens (including phenoxy) is 1. The van der Waals surface area contributed by atoms with E-state index in [2.05, 4.69) is 10.1 Å². The third kappa shape index (κ3) is 5.01. The number of carbonyl (C=O) groups excluding carboxylic acids is 2. The van der Waals surface area contributed by atoms with Gasteiger partial charge < -0.3 is 25.2 Å². The number of carbonyl (C=O) groups is 3. The van der Waals surface area contributed by atoms with Crippen molar-refractivity contribution >= 4 is 29.2 Å². The smallest absolute Gasteiger partial charge is 0.325 e. The molecule has 21 heavy (non-hydrogen) atoms. The van der Waals surface area contributed by atoms with E-state index < -0.39 is 18.5 Å². The van der Waals surface area contributed by atoms with Gasteiger partial charge in [0.2, 0.25) is 5.91 Å². The molecule has 0 aliphatic carbocycles. The maximum absolute atomic E-state index is 11.3. The number of hydrogen-bond acceptors (Lipinski definition) is 6. The average Bonchev–Trinajstić information content (AvgIpc) is 2.39. The number of phenolic OH excluding ortho intramolecular Hbond substituents is 1. The number of nitrogens with zero attached hydrogens (tertiary/aromatic N) is 1. The Kier molecular flexibility index (Phi) is 5.53. The summed E-state index contributed by atoms with van der Waals surface area (Å²) in [6, 6.07) is 4.13. The number of carboxylic acid groups (broad SMARTS) is 1. The molecule has 8 nitrogen and oxygen atoms in total. The van der Waals surface area contributed by atoms with Crippen LogP contribution in [0, 0.1) is 0 Å². The van der Waals surface area contributed by atoms with E-state index in [0.717, 1.165) is 4.90 Å². The molecule has 0 saturated carbocycles. The molecule has 0 bridgehead atoms. The number of aromatic hydroxyl groups is 1. The number of amides is 1. The number of hydrogen-bond donors (Lipinski definition) is 3. The van der Waals surface area contributed by atoms with Crippen LogP contribution in [0.4, 0.5) is 11.4 Å². The van der Waals surface area contributed by atoms with Gasteiger partial charge in [-0.15, -0.1) is 0 Å². The first-order valence-corrected chi connectivity index (χ1v) is 5.97. The fourth-order valence-electron chi connectivity index (χ4n) is 1.67. The summed E-state index contributed by atoms with van der Waals surface area (Å²) in [4.78, 5) is 34.4. The Bertz CT molecular complexity index is 558. The number of anilines is 2. The molecule has 1 rings (SSSR count). The molecule has 1 aromatic rings. The van der Waals surface area contributed by atoms with Crippen molar-refractivity contribution in [2.45, 2.75) is 6.92 Å². The highest BCUT2D eigenvalue weighted by atomic mass is 16.5. The minimum Gasteiger partial charge on any atom is -0.506 e.